The van der Waals surface area contributed by atoms with E-state index in [9.17, 15) is 13.6 Å². The van der Waals surface area contributed by atoms with Crippen molar-refractivity contribution >= 4 is 23.1 Å². The zero-order valence-electron chi connectivity index (χ0n) is 9.36. The fourth-order valence-corrected chi connectivity index (χ4v) is 1.24. The number of benzene rings is 1. The number of hydrogen-bond donors (Lipinski definition) is 2. The molecule has 1 aromatic rings. The molecule has 1 rings (SSSR count). The molecule has 0 fully saturated rings. The minimum absolute atomic E-state index is 0.260. The Morgan fingerprint density at radius 3 is 2.50 bits per heavy atom. The highest BCUT2D eigenvalue weighted by molar-refractivity contribution is 7.80. The zero-order chi connectivity index (χ0) is 13.5. The molecule has 0 atom stereocenters. The van der Waals surface area contributed by atoms with Gasteiger partial charge in [0.05, 0.1) is 6.54 Å². The third-order valence-corrected chi connectivity index (χ3v) is 2.20. The average Bonchev–Trinajstić information content (AvgIpc) is 2.34. The number of ether oxygens (including phenoxy) is 1. The minimum Gasteiger partial charge on any atom is -0.484 e. The Labute approximate surface area is 108 Å². The van der Waals surface area contributed by atoms with E-state index in [1.807, 2.05) is 5.32 Å². The molecular formula is C11H12F2N2O2S. The lowest BCUT2D eigenvalue weighted by Crippen LogP contribution is -2.32. The molecule has 0 bridgehead atoms. The maximum atomic E-state index is 11.8. The lowest BCUT2D eigenvalue weighted by molar-refractivity contribution is -0.123. The van der Waals surface area contributed by atoms with E-state index in [1.54, 1.807) is 24.3 Å². The number of thiocarbonyl (C=S) groups is 1. The van der Waals surface area contributed by atoms with Crippen molar-refractivity contribution in [2.75, 3.05) is 13.2 Å². The molecule has 0 aromatic heterocycles. The van der Waals surface area contributed by atoms with Gasteiger partial charge < -0.3 is 15.8 Å². The van der Waals surface area contributed by atoms with E-state index < -0.39 is 18.9 Å². The summed E-state index contributed by atoms with van der Waals surface area (Å²) in [7, 11) is 0. The highest BCUT2D eigenvalue weighted by atomic mass is 32.1. The van der Waals surface area contributed by atoms with Crippen LogP contribution in [0.15, 0.2) is 24.3 Å². The third kappa shape index (κ3) is 5.05. The molecule has 0 spiro atoms. The van der Waals surface area contributed by atoms with Crippen LogP contribution in [-0.2, 0) is 4.79 Å². The number of halogens is 2. The molecule has 0 saturated carbocycles. The van der Waals surface area contributed by atoms with Crippen LogP contribution in [0.2, 0.25) is 0 Å². The molecule has 3 N–H and O–H groups in total. The largest absolute Gasteiger partial charge is 0.484 e. The molecule has 0 radical (unpaired) electrons. The normalized spacial score (nSPS) is 10.2. The van der Waals surface area contributed by atoms with Gasteiger partial charge in [-0.3, -0.25) is 4.79 Å². The number of nitrogens with two attached hydrogens (primary N) is 1. The van der Waals surface area contributed by atoms with Gasteiger partial charge in [0.25, 0.3) is 12.3 Å². The first-order chi connectivity index (χ1) is 8.49. The van der Waals surface area contributed by atoms with Crippen LogP contribution in [-0.4, -0.2) is 30.5 Å². The van der Waals surface area contributed by atoms with Crippen LogP contribution in [0.25, 0.3) is 0 Å². The summed E-state index contributed by atoms with van der Waals surface area (Å²) in [5.41, 5.74) is 6.09. The van der Waals surface area contributed by atoms with Crippen LogP contribution >= 0.6 is 12.2 Å². The number of hydrogen-bond acceptors (Lipinski definition) is 3. The second-order valence-electron chi connectivity index (χ2n) is 3.37. The first-order valence-electron chi connectivity index (χ1n) is 5.06. The summed E-state index contributed by atoms with van der Waals surface area (Å²) in [6.07, 6.45) is -2.57. The Morgan fingerprint density at radius 2 is 2.00 bits per heavy atom. The molecule has 98 valence electrons. The van der Waals surface area contributed by atoms with Gasteiger partial charge in [-0.1, -0.05) is 12.2 Å². The lowest BCUT2D eigenvalue weighted by Gasteiger charge is -2.07. The predicted molar refractivity (Wildman–Crippen MR) is 66.8 cm³/mol. The molecule has 0 saturated heterocycles. The van der Waals surface area contributed by atoms with Gasteiger partial charge in [0.1, 0.15) is 10.7 Å². The second-order valence-corrected chi connectivity index (χ2v) is 3.81. The molecule has 1 amide bonds. The van der Waals surface area contributed by atoms with Crippen LogP contribution in [0.3, 0.4) is 0 Å². The second kappa shape index (κ2) is 6.85. The predicted octanol–water partition coefficient (Wildman–Crippen LogP) is 1.08. The molecule has 18 heavy (non-hydrogen) atoms. The number of nitrogens with one attached hydrogen (secondary N) is 1. The number of carbonyl (C=O) groups excluding carboxylic acids is 1. The van der Waals surface area contributed by atoms with Crippen molar-refractivity contribution in [2.24, 2.45) is 5.73 Å². The van der Waals surface area contributed by atoms with Crippen molar-refractivity contribution in [2.45, 2.75) is 6.43 Å². The Kier molecular flexibility index (Phi) is 5.44. The number of carbonyl (C=O) groups is 1. The first kappa shape index (κ1) is 14.3. The SMILES string of the molecule is NC(=S)c1ccc(OCC(=O)NCC(F)F)cc1. The van der Waals surface area contributed by atoms with Gasteiger partial charge in [0.2, 0.25) is 0 Å². The highest BCUT2D eigenvalue weighted by Crippen LogP contribution is 2.11. The number of alkyl halides is 2. The summed E-state index contributed by atoms with van der Waals surface area (Å²) in [6.45, 7) is -0.998. The molecule has 0 unspecified atom stereocenters. The van der Waals surface area contributed by atoms with E-state index in [1.165, 1.54) is 0 Å². The molecule has 0 aliphatic carbocycles. The van der Waals surface area contributed by atoms with Crippen LogP contribution in [0.5, 0.6) is 5.75 Å². The van der Waals surface area contributed by atoms with Crippen molar-refractivity contribution < 1.29 is 18.3 Å². The standard InChI is InChI=1S/C11H12F2N2O2S/c12-9(13)5-15-10(16)6-17-8-3-1-7(2-4-8)11(14)18/h1-4,9H,5-6H2,(H2,14,18)(H,15,16). The lowest BCUT2D eigenvalue weighted by atomic mass is 10.2. The van der Waals surface area contributed by atoms with Crippen molar-refractivity contribution in [1.82, 2.24) is 5.32 Å². The zero-order valence-corrected chi connectivity index (χ0v) is 10.2. The molecule has 7 heteroatoms. The fourth-order valence-electron chi connectivity index (χ4n) is 1.11. The van der Waals surface area contributed by atoms with E-state index >= 15 is 0 Å². The number of rotatable bonds is 6. The quantitative estimate of drug-likeness (QED) is 0.762. The Balaban J connectivity index is 2.39. The van der Waals surface area contributed by atoms with Gasteiger partial charge in [0, 0.05) is 5.56 Å². The van der Waals surface area contributed by atoms with Crippen LogP contribution in [0, 0.1) is 0 Å². The summed E-state index contributed by atoms with van der Waals surface area (Å²) < 4.78 is 28.7. The van der Waals surface area contributed by atoms with Gasteiger partial charge >= 0.3 is 0 Å². The molecule has 0 aliphatic heterocycles. The average molecular weight is 274 g/mol. The Hall–Kier alpha value is -1.76. The molecule has 0 heterocycles. The van der Waals surface area contributed by atoms with E-state index in [4.69, 9.17) is 22.7 Å². The summed E-state index contributed by atoms with van der Waals surface area (Å²) in [6, 6.07) is 6.48. The molecule has 4 nitrogen and oxygen atoms in total. The number of amides is 1. The topological polar surface area (TPSA) is 64.3 Å². The van der Waals surface area contributed by atoms with Crippen molar-refractivity contribution in [3.8, 4) is 5.75 Å². The summed E-state index contributed by atoms with van der Waals surface area (Å²) in [5.74, 6) is -0.170. The monoisotopic (exact) mass is 274 g/mol. The van der Waals surface area contributed by atoms with Crippen molar-refractivity contribution in [3.63, 3.8) is 0 Å². The molecule has 1 aromatic carbocycles. The van der Waals surface area contributed by atoms with Gasteiger partial charge in [0.15, 0.2) is 6.61 Å². The molecular weight excluding hydrogens is 262 g/mol. The smallest absolute Gasteiger partial charge is 0.258 e. The minimum atomic E-state index is -2.57. The summed E-state index contributed by atoms with van der Waals surface area (Å²) in [5, 5.41) is 2.03. The van der Waals surface area contributed by atoms with Crippen LogP contribution in [0.1, 0.15) is 5.56 Å². The van der Waals surface area contributed by atoms with Crippen LogP contribution < -0.4 is 15.8 Å². The molecule has 0 aliphatic rings. The van der Waals surface area contributed by atoms with E-state index in [-0.39, 0.29) is 11.6 Å². The van der Waals surface area contributed by atoms with Crippen LogP contribution in [0.4, 0.5) is 8.78 Å². The Morgan fingerprint density at radius 1 is 1.39 bits per heavy atom. The van der Waals surface area contributed by atoms with Crippen molar-refractivity contribution in [1.29, 1.82) is 0 Å². The van der Waals surface area contributed by atoms with Gasteiger partial charge in [-0.15, -0.1) is 0 Å². The van der Waals surface area contributed by atoms with E-state index in [2.05, 4.69) is 0 Å². The van der Waals surface area contributed by atoms with E-state index in [0.29, 0.717) is 11.3 Å². The Bertz CT molecular complexity index is 424. The van der Waals surface area contributed by atoms with Gasteiger partial charge in [-0.25, -0.2) is 8.78 Å². The fraction of sp³-hybridized carbons (Fsp3) is 0.273. The maximum Gasteiger partial charge on any atom is 0.258 e. The maximum absolute atomic E-state index is 11.8. The first-order valence-corrected chi connectivity index (χ1v) is 5.47. The van der Waals surface area contributed by atoms with Gasteiger partial charge in [-0.2, -0.15) is 0 Å². The van der Waals surface area contributed by atoms with E-state index in [0.717, 1.165) is 0 Å². The summed E-state index contributed by atoms with van der Waals surface area (Å²) >= 11 is 4.77. The third-order valence-electron chi connectivity index (χ3n) is 1.96. The van der Waals surface area contributed by atoms with Crippen molar-refractivity contribution in [3.05, 3.63) is 29.8 Å². The van der Waals surface area contributed by atoms with Gasteiger partial charge in [-0.05, 0) is 24.3 Å². The summed E-state index contributed by atoms with van der Waals surface area (Å²) in [4.78, 5) is 11.3. The highest BCUT2D eigenvalue weighted by Gasteiger charge is 2.07.